The summed E-state index contributed by atoms with van der Waals surface area (Å²) in [7, 11) is 0. The summed E-state index contributed by atoms with van der Waals surface area (Å²) in [5.74, 6) is 0. The maximum Gasteiger partial charge on any atom is 0.161 e. The molecule has 0 amide bonds. The second-order valence-corrected chi connectivity index (χ2v) is 14.7. The number of para-hydroxylation sites is 2. The minimum atomic E-state index is -0.145. The molecule has 0 fully saturated rings. The molecule has 3 heteroatoms. The molecule has 10 rings (SSSR count). The molecule has 0 spiro atoms. The van der Waals surface area contributed by atoms with Crippen LogP contribution in [-0.2, 0) is 5.41 Å². The molecule has 0 saturated heterocycles. The Hall–Kier alpha value is -6.45. The number of hydrogen-bond donors (Lipinski definition) is 1. The van der Waals surface area contributed by atoms with E-state index in [0.29, 0.717) is 0 Å². The van der Waals surface area contributed by atoms with E-state index in [2.05, 4.69) is 165 Å². The fourth-order valence-electron chi connectivity index (χ4n) is 8.63. The molecule has 0 bridgehead atoms. The number of aromatic nitrogens is 2. The van der Waals surface area contributed by atoms with Gasteiger partial charge in [0.05, 0.1) is 11.2 Å². The molecule has 6 aromatic carbocycles. The first-order valence-corrected chi connectivity index (χ1v) is 18.5. The molecule has 1 aliphatic carbocycles. The summed E-state index contributed by atoms with van der Waals surface area (Å²) in [5.41, 5.74) is 16.8. The van der Waals surface area contributed by atoms with Crippen molar-refractivity contribution in [2.24, 2.45) is 0 Å². The zero-order chi connectivity index (χ0) is 35.8. The van der Waals surface area contributed by atoms with Crippen LogP contribution in [0.5, 0.6) is 0 Å². The van der Waals surface area contributed by atoms with E-state index >= 15 is 0 Å². The van der Waals surface area contributed by atoms with E-state index < -0.39 is 0 Å². The van der Waals surface area contributed by atoms with Crippen molar-refractivity contribution in [2.75, 3.05) is 0 Å². The molecule has 0 saturated carbocycles. The Morgan fingerprint density at radius 1 is 0.660 bits per heavy atom. The van der Waals surface area contributed by atoms with E-state index in [0.717, 1.165) is 65.9 Å². The number of rotatable bonds is 5. The number of hydrogen-bond acceptors (Lipinski definition) is 2. The highest BCUT2D eigenvalue weighted by Gasteiger charge is 2.36. The van der Waals surface area contributed by atoms with Crippen LogP contribution in [0.15, 0.2) is 156 Å². The van der Waals surface area contributed by atoms with Crippen molar-refractivity contribution in [1.29, 1.82) is 0 Å². The van der Waals surface area contributed by atoms with E-state index in [-0.39, 0.29) is 5.41 Å². The van der Waals surface area contributed by atoms with Gasteiger partial charge in [-0.25, -0.2) is 4.98 Å². The number of pyridine rings is 1. The zero-order valence-electron chi connectivity index (χ0n) is 30.3. The van der Waals surface area contributed by atoms with Crippen molar-refractivity contribution in [1.82, 2.24) is 9.97 Å². The number of allylic oxidation sites excluding steroid dienone is 6. The van der Waals surface area contributed by atoms with Gasteiger partial charge in [0, 0.05) is 43.4 Å². The van der Waals surface area contributed by atoms with E-state index in [4.69, 9.17) is 9.40 Å². The van der Waals surface area contributed by atoms with Gasteiger partial charge < -0.3 is 9.40 Å². The van der Waals surface area contributed by atoms with Crippen molar-refractivity contribution >= 4 is 60.2 Å². The fraction of sp³-hybridized carbons (Fsp3) is 0.100. The number of nitrogens with zero attached hydrogens (tertiary/aromatic N) is 1. The van der Waals surface area contributed by atoms with Crippen molar-refractivity contribution in [3.63, 3.8) is 0 Å². The van der Waals surface area contributed by atoms with Gasteiger partial charge in [0.2, 0.25) is 0 Å². The summed E-state index contributed by atoms with van der Waals surface area (Å²) in [6.07, 6.45) is 10.6. The number of H-pyrrole nitrogens is 1. The summed E-state index contributed by atoms with van der Waals surface area (Å²) < 4.78 is 6.52. The zero-order valence-corrected chi connectivity index (χ0v) is 30.3. The predicted octanol–water partition coefficient (Wildman–Crippen LogP) is 13.9. The number of furan rings is 1. The highest BCUT2D eigenvalue weighted by molar-refractivity contribution is 6.25. The van der Waals surface area contributed by atoms with Gasteiger partial charge in [-0.15, -0.1) is 0 Å². The van der Waals surface area contributed by atoms with Gasteiger partial charge in [0.25, 0.3) is 0 Å². The molecule has 53 heavy (non-hydrogen) atoms. The van der Waals surface area contributed by atoms with Crippen LogP contribution in [0.3, 0.4) is 0 Å². The van der Waals surface area contributed by atoms with Crippen LogP contribution in [0.2, 0.25) is 0 Å². The lowest BCUT2D eigenvalue weighted by Crippen LogP contribution is -2.15. The normalized spacial score (nSPS) is 14.2. The third-order valence-electron chi connectivity index (χ3n) is 11.3. The summed E-state index contributed by atoms with van der Waals surface area (Å²) >= 11 is 0. The molecular formula is C50H38N2O. The first-order chi connectivity index (χ1) is 25.9. The van der Waals surface area contributed by atoms with Gasteiger partial charge in [0.15, 0.2) is 5.58 Å². The van der Waals surface area contributed by atoms with Gasteiger partial charge >= 0.3 is 0 Å². The third kappa shape index (κ3) is 4.70. The van der Waals surface area contributed by atoms with Crippen LogP contribution in [0.25, 0.3) is 93.7 Å². The van der Waals surface area contributed by atoms with Gasteiger partial charge in [-0.1, -0.05) is 123 Å². The Balaban J connectivity index is 1.12. The quantitative estimate of drug-likeness (QED) is 0.184. The van der Waals surface area contributed by atoms with Crippen molar-refractivity contribution in [3.8, 4) is 33.5 Å². The molecule has 3 aromatic heterocycles. The molecule has 3 heterocycles. The maximum atomic E-state index is 6.52. The number of nitrogens with one attached hydrogen (secondary N) is 1. The van der Waals surface area contributed by atoms with Crippen LogP contribution in [0.1, 0.15) is 44.4 Å². The lowest BCUT2D eigenvalue weighted by Gasteiger charge is -2.23. The molecule has 1 aliphatic rings. The Morgan fingerprint density at radius 3 is 2.25 bits per heavy atom. The molecule has 3 nitrogen and oxygen atoms in total. The van der Waals surface area contributed by atoms with E-state index in [1.807, 2.05) is 19.1 Å². The van der Waals surface area contributed by atoms with E-state index in [1.165, 1.54) is 44.5 Å². The number of benzene rings is 6. The minimum Gasteiger partial charge on any atom is -0.454 e. The highest BCUT2D eigenvalue weighted by Crippen LogP contribution is 2.51. The van der Waals surface area contributed by atoms with Gasteiger partial charge in [-0.05, 0) is 101 Å². The lowest BCUT2D eigenvalue weighted by atomic mass is 9.80. The Bertz CT molecular complexity index is 3050. The SMILES string of the molecule is C/C=C/C=C\C(=C/C)c1ccc2c(c1)C(C)(C)c1cc(-c3cccc(-c4nc5c(ccc6c7ccccc7oc65)c5[nH]c6ccccc6c45)c3)ccc1-2. The molecule has 9 aromatic rings. The molecule has 0 unspecified atom stereocenters. The van der Waals surface area contributed by atoms with Gasteiger partial charge in [-0.2, -0.15) is 0 Å². The monoisotopic (exact) mass is 682 g/mol. The molecule has 254 valence electrons. The summed E-state index contributed by atoms with van der Waals surface area (Å²) in [5, 5.41) is 5.53. The fourth-order valence-corrected chi connectivity index (χ4v) is 8.63. The van der Waals surface area contributed by atoms with Crippen molar-refractivity contribution in [3.05, 3.63) is 168 Å². The van der Waals surface area contributed by atoms with Crippen LogP contribution in [0, 0.1) is 0 Å². The average Bonchev–Trinajstić information content (AvgIpc) is 3.84. The van der Waals surface area contributed by atoms with Crippen molar-refractivity contribution in [2.45, 2.75) is 33.1 Å². The second-order valence-electron chi connectivity index (χ2n) is 14.7. The van der Waals surface area contributed by atoms with E-state index in [1.54, 1.807) is 0 Å². The smallest absolute Gasteiger partial charge is 0.161 e. The van der Waals surface area contributed by atoms with Gasteiger partial charge in [0.1, 0.15) is 11.1 Å². The number of aromatic amines is 1. The van der Waals surface area contributed by atoms with Crippen molar-refractivity contribution < 1.29 is 4.42 Å². The van der Waals surface area contributed by atoms with E-state index in [9.17, 15) is 0 Å². The third-order valence-corrected chi connectivity index (χ3v) is 11.3. The first-order valence-electron chi connectivity index (χ1n) is 18.5. The second kappa shape index (κ2) is 11.8. The molecule has 0 aliphatic heterocycles. The van der Waals surface area contributed by atoms with Crippen LogP contribution >= 0.6 is 0 Å². The molecule has 1 N–H and O–H groups in total. The summed E-state index contributed by atoms with van der Waals surface area (Å²) in [4.78, 5) is 9.25. The predicted molar refractivity (Wildman–Crippen MR) is 224 cm³/mol. The summed E-state index contributed by atoms with van der Waals surface area (Å²) in [6, 6.07) is 44.0. The summed E-state index contributed by atoms with van der Waals surface area (Å²) in [6.45, 7) is 8.87. The average molecular weight is 683 g/mol. The Kier molecular flexibility index (Phi) is 6.97. The standard InChI is InChI=1S/C50H38N2O/c1-5-7-8-14-30(6-2)32-21-23-35-36-24-22-33(29-42(36)50(3,4)41(35)28-32)31-15-13-16-34(27-31)46-45-39-18-9-11-19-43(39)51-47(45)40-26-25-38-37-17-10-12-20-44(37)53-49(38)48(40)52-46/h5-29,51H,1-4H3/b7-5+,14-8-,30-6+. The first kappa shape index (κ1) is 31.3. The molecule has 0 radical (unpaired) electrons. The topological polar surface area (TPSA) is 41.8 Å². The van der Waals surface area contributed by atoms with Crippen LogP contribution < -0.4 is 0 Å². The lowest BCUT2D eigenvalue weighted by molar-refractivity contribution is 0.660. The molecule has 0 atom stereocenters. The Morgan fingerprint density at radius 2 is 1.40 bits per heavy atom. The van der Waals surface area contributed by atoms with Gasteiger partial charge in [-0.3, -0.25) is 0 Å². The largest absolute Gasteiger partial charge is 0.454 e. The van der Waals surface area contributed by atoms with Crippen LogP contribution in [-0.4, -0.2) is 9.97 Å². The Labute approximate surface area is 308 Å². The van der Waals surface area contributed by atoms with Crippen LogP contribution in [0.4, 0.5) is 0 Å². The number of fused-ring (bicyclic) bond motifs is 12. The minimum absolute atomic E-state index is 0.145. The molecular weight excluding hydrogens is 645 g/mol. The highest BCUT2D eigenvalue weighted by atomic mass is 16.3. The maximum absolute atomic E-state index is 6.52.